The molecule has 0 atom stereocenters. The van der Waals surface area contributed by atoms with E-state index in [1.54, 1.807) is 14.2 Å². The van der Waals surface area contributed by atoms with Crippen molar-refractivity contribution in [3.8, 4) is 0 Å². The van der Waals surface area contributed by atoms with Crippen LogP contribution in [0.4, 0.5) is 0 Å². The number of ether oxygens (including phenoxy) is 2. The second-order valence-corrected chi connectivity index (χ2v) is 4.47. The summed E-state index contributed by atoms with van der Waals surface area (Å²) in [6.07, 6.45) is 0.644. The molecule has 0 bridgehead atoms. The van der Waals surface area contributed by atoms with E-state index in [4.69, 9.17) is 15.2 Å². The highest BCUT2D eigenvalue weighted by Gasteiger charge is 2.34. The second kappa shape index (κ2) is 5.63. The van der Waals surface area contributed by atoms with Crippen molar-refractivity contribution >= 4 is 0 Å². The van der Waals surface area contributed by atoms with Gasteiger partial charge in [-0.05, 0) is 38.4 Å². The highest BCUT2D eigenvalue weighted by atomic mass is 16.7. The maximum atomic E-state index is 5.67. The average molecular weight is 237 g/mol. The summed E-state index contributed by atoms with van der Waals surface area (Å²) >= 11 is 0. The van der Waals surface area contributed by atoms with Crippen LogP contribution in [0.1, 0.15) is 28.7 Å². The molecule has 3 nitrogen and oxygen atoms in total. The number of aryl methyl sites for hydroxylation is 3. The number of hydrogen-bond donors (Lipinski definition) is 1. The molecule has 0 radical (unpaired) electrons. The zero-order valence-electron chi connectivity index (χ0n) is 11.5. The van der Waals surface area contributed by atoms with Crippen LogP contribution in [0.5, 0.6) is 0 Å². The van der Waals surface area contributed by atoms with Crippen LogP contribution in [0, 0.1) is 20.8 Å². The van der Waals surface area contributed by atoms with E-state index >= 15 is 0 Å². The predicted molar refractivity (Wildman–Crippen MR) is 70.0 cm³/mol. The van der Waals surface area contributed by atoms with Crippen LogP contribution >= 0.6 is 0 Å². The lowest BCUT2D eigenvalue weighted by Crippen LogP contribution is -2.35. The molecule has 96 valence electrons. The van der Waals surface area contributed by atoms with Gasteiger partial charge in [-0.1, -0.05) is 17.7 Å². The topological polar surface area (TPSA) is 44.5 Å². The maximum Gasteiger partial charge on any atom is 0.195 e. The largest absolute Gasteiger partial charge is 0.349 e. The first kappa shape index (κ1) is 14.2. The van der Waals surface area contributed by atoms with E-state index in [2.05, 4.69) is 32.9 Å². The van der Waals surface area contributed by atoms with Gasteiger partial charge in [0.15, 0.2) is 5.79 Å². The lowest BCUT2D eigenvalue weighted by molar-refractivity contribution is -0.219. The summed E-state index contributed by atoms with van der Waals surface area (Å²) in [6, 6.07) is 4.29. The number of methoxy groups -OCH3 is 2. The zero-order chi connectivity index (χ0) is 13.1. The summed E-state index contributed by atoms with van der Waals surface area (Å²) in [6.45, 7) is 6.78. The van der Waals surface area contributed by atoms with Gasteiger partial charge < -0.3 is 15.2 Å². The third kappa shape index (κ3) is 2.68. The third-order valence-corrected chi connectivity index (χ3v) is 3.19. The van der Waals surface area contributed by atoms with Gasteiger partial charge in [-0.15, -0.1) is 0 Å². The highest BCUT2D eigenvalue weighted by Crippen LogP contribution is 2.34. The Morgan fingerprint density at radius 2 is 1.53 bits per heavy atom. The standard InChI is InChI=1S/C14H23NO2/c1-10-8-11(2)13(12(3)9-10)14(16-4,17-5)6-7-15/h8-9H,6-7,15H2,1-5H3. The molecule has 0 aromatic heterocycles. The minimum atomic E-state index is -0.726. The van der Waals surface area contributed by atoms with Gasteiger partial charge in [0.05, 0.1) is 0 Å². The number of nitrogens with two attached hydrogens (primary N) is 1. The molecule has 1 aromatic rings. The first-order chi connectivity index (χ1) is 8.00. The fourth-order valence-corrected chi connectivity index (χ4v) is 2.59. The minimum Gasteiger partial charge on any atom is -0.349 e. The summed E-state index contributed by atoms with van der Waals surface area (Å²) in [7, 11) is 3.33. The normalized spacial score (nSPS) is 11.9. The molecule has 0 heterocycles. The third-order valence-electron chi connectivity index (χ3n) is 3.19. The average Bonchev–Trinajstić information content (AvgIpc) is 2.26. The van der Waals surface area contributed by atoms with Crippen molar-refractivity contribution in [1.82, 2.24) is 0 Å². The Balaban J connectivity index is 3.37. The van der Waals surface area contributed by atoms with Crippen LogP contribution in [-0.4, -0.2) is 20.8 Å². The van der Waals surface area contributed by atoms with Gasteiger partial charge >= 0.3 is 0 Å². The van der Waals surface area contributed by atoms with E-state index in [9.17, 15) is 0 Å². The zero-order valence-corrected chi connectivity index (χ0v) is 11.5. The molecule has 0 aliphatic carbocycles. The first-order valence-corrected chi connectivity index (χ1v) is 5.89. The summed E-state index contributed by atoms with van der Waals surface area (Å²) in [5.41, 5.74) is 10.4. The van der Waals surface area contributed by atoms with Crippen LogP contribution in [0.15, 0.2) is 12.1 Å². The summed E-state index contributed by atoms with van der Waals surface area (Å²) in [4.78, 5) is 0. The molecule has 2 N–H and O–H groups in total. The molecule has 1 rings (SSSR count). The smallest absolute Gasteiger partial charge is 0.195 e. The van der Waals surface area contributed by atoms with Crippen molar-refractivity contribution < 1.29 is 9.47 Å². The van der Waals surface area contributed by atoms with E-state index in [0.29, 0.717) is 13.0 Å². The van der Waals surface area contributed by atoms with Crippen LogP contribution in [0.2, 0.25) is 0 Å². The van der Waals surface area contributed by atoms with Crippen molar-refractivity contribution in [3.63, 3.8) is 0 Å². The predicted octanol–water partition coefficient (Wildman–Crippen LogP) is 2.41. The summed E-state index contributed by atoms with van der Waals surface area (Å²) in [5.74, 6) is -0.726. The van der Waals surface area contributed by atoms with Crippen molar-refractivity contribution in [2.45, 2.75) is 33.0 Å². The Labute approximate surface area is 104 Å². The quantitative estimate of drug-likeness (QED) is 0.800. The van der Waals surface area contributed by atoms with E-state index in [0.717, 1.165) is 5.56 Å². The van der Waals surface area contributed by atoms with Crippen molar-refractivity contribution in [2.24, 2.45) is 5.73 Å². The molecule has 0 saturated heterocycles. The van der Waals surface area contributed by atoms with Gasteiger partial charge in [0.25, 0.3) is 0 Å². The van der Waals surface area contributed by atoms with E-state index in [1.807, 2.05) is 0 Å². The molecule has 0 aliphatic heterocycles. The lowest BCUT2D eigenvalue weighted by Gasteiger charge is -2.34. The molecule has 17 heavy (non-hydrogen) atoms. The monoisotopic (exact) mass is 237 g/mol. The number of hydrogen-bond acceptors (Lipinski definition) is 3. The van der Waals surface area contributed by atoms with Gasteiger partial charge in [0, 0.05) is 26.2 Å². The Kier molecular flexibility index (Phi) is 4.69. The first-order valence-electron chi connectivity index (χ1n) is 5.89. The molecule has 1 aromatic carbocycles. The van der Waals surface area contributed by atoms with Crippen molar-refractivity contribution in [3.05, 3.63) is 34.4 Å². The molecule has 0 amide bonds. The van der Waals surface area contributed by atoms with E-state index in [1.165, 1.54) is 16.7 Å². The van der Waals surface area contributed by atoms with Crippen molar-refractivity contribution in [1.29, 1.82) is 0 Å². The fraction of sp³-hybridized carbons (Fsp3) is 0.571. The number of benzene rings is 1. The molecule has 3 heteroatoms. The van der Waals surface area contributed by atoms with Gasteiger partial charge in [0.2, 0.25) is 0 Å². The van der Waals surface area contributed by atoms with Crippen LogP contribution < -0.4 is 5.73 Å². The van der Waals surface area contributed by atoms with E-state index in [-0.39, 0.29) is 0 Å². The van der Waals surface area contributed by atoms with Gasteiger partial charge in [-0.2, -0.15) is 0 Å². The Hall–Kier alpha value is -0.900. The molecule has 0 spiro atoms. The SMILES string of the molecule is COC(CCN)(OC)c1c(C)cc(C)cc1C. The van der Waals surface area contributed by atoms with Gasteiger partial charge in [-0.3, -0.25) is 0 Å². The number of rotatable bonds is 5. The van der Waals surface area contributed by atoms with Crippen LogP contribution in [0.25, 0.3) is 0 Å². The molecule has 0 fully saturated rings. The maximum absolute atomic E-state index is 5.67. The Morgan fingerprint density at radius 1 is 1.06 bits per heavy atom. The lowest BCUT2D eigenvalue weighted by atomic mass is 9.91. The van der Waals surface area contributed by atoms with E-state index < -0.39 is 5.79 Å². The Bertz CT molecular complexity index is 361. The van der Waals surface area contributed by atoms with Gasteiger partial charge in [0.1, 0.15) is 0 Å². The van der Waals surface area contributed by atoms with Crippen LogP contribution in [0.3, 0.4) is 0 Å². The minimum absolute atomic E-state index is 0.522. The van der Waals surface area contributed by atoms with Crippen molar-refractivity contribution in [2.75, 3.05) is 20.8 Å². The van der Waals surface area contributed by atoms with Gasteiger partial charge in [-0.25, -0.2) is 0 Å². The van der Waals surface area contributed by atoms with Crippen LogP contribution in [-0.2, 0) is 15.3 Å². The molecular weight excluding hydrogens is 214 g/mol. The summed E-state index contributed by atoms with van der Waals surface area (Å²) in [5, 5.41) is 0. The summed E-state index contributed by atoms with van der Waals surface area (Å²) < 4.78 is 11.2. The fourth-order valence-electron chi connectivity index (χ4n) is 2.59. The highest BCUT2D eigenvalue weighted by molar-refractivity contribution is 5.40. The Morgan fingerprint density at radius 3 is 1.88 bits per heavy atom. The molecule has 0 unspecified atom stereocenters. The molecule has 0 aliphatic rings. The molecule has 0 saturated carbocycles. The second-order valence-electron chi connectivity index (χ2n) is 4.47. The molecular formula is C14H23NO2.